The number of carbonyl (C=O) groups is 2. The highest BCUT2D eigenvalue weighted by Crippen LogP contribution is 2.10. The molecule has 0 radical (unpaired) electrons. The first-order valence-corrected chi connectivity index (χ1v) is 9.28. The topological polar surface area (TPSA) is 53.9 Å². The predicted octanol–water partition coefficient (Wildman–Crippen LogP) is -0.217. The first kappa shape index (κ1) is 17.8. The van der Waals surface area contributed by atoms with E-state index in [1.165, 1.54) is 10.5 Å². The van der Waals surface area contributed by atoms with Crippen LogP contribution in [0.15, 0.2) is 30.3 Å². The van der Waals surface area contributed by atoms with Gasteiger partial charge in [0.1, 0.15) is 0 Å². The van der Waals surface area contributed by atoms with Crippen molar-refractivity contribution in [3.63, 3.8) is 0 Å². The van der Waals surface area contributed by atoms with Crippen molar-refractivity contribution in [3.8, 4) is 0 Å². The second-order valence-electron chi connectivity index (χ2n) is 5.82. The number of amides is 2. The summed E-state index contributed by atoms with van der Waals surface area (Å²) in [5.41, 5.74) is 1.32. The van der Waals surface area contributed by atoms with Crippen LogP contribution in [0.2, 0.25) is 0 Å². The molecule has 2 rings (SSSR count). The minimum absolute atomic E-state index is 0.108. The van der Waals surface area contributed by atoms with Crippen LogP contribution in [-0.2, 0) is 15.3 Å². The molecule has 0 unspecified atom stereocenters. The molecule has 1 aliphatic rings. The smallest absolute Gasteiger partial charge is 0.275 e. The van der Waals surface area contributed by atoms with Gasteiger partial charge in [0.2, 0.25) is 5.91 Å². The lowest BCUT2D eigenvalue weighted by Crippen LogP contribution is -3.15. The molecule has 1 aliphatic heterocycles. The highest BCUT2D eigenvalue weighted by atomic mass is 32.2. The van der Waals surface area contributed by atoms with Crippen LogP contribution in [0.4, 0.5) is 0 Å². The number of hydrogen-bond donors (Lipinski definition) is 2. The maximum atomic E-state index is 11.9. The number of benzene rings is 1. The lowest BCUT2D eigenvalue weighted by atomic mass is 10.2. The Morgan fingerprint density at radius 2 is 1.91 bits per heavy atom. The zero-order valence-corrected chi connectivity index (χ0v) is 14.5. The van der Waals surface area contributed by atoms with Gasteiger partial charge in [0, 0.05) is 25.0 Å². The molecule has 0 spiro atoms. The second kappa shape index (κ2) is 9.57. The number of rotatable bonds is 7. The fourth-order valence-corrected chi connectivity index (χ4v) is 3.45. The minimum atomic E-state index is 0.108. The van der Waals surface area contributed by atoms with Crippen LogP contribution < -0.4 is 10.2 Å². The monoisotopic (exact) mass is 336 g/mol. The maximum absolute atomic E-state index is 11.9. The SMILES string of the molecule is CC(=O)N1CC[NH+](CC(=O)NCCSCc2ccccc2)CC1. The molecular formula is C17H26N3O2S+. The van der Waals surface area contributed by atoms with Crippen LogP contribution >= 0.6 is 11.8 Å². The molecule has 1 saturated heterocycles. The predicted molar refractivity (Wildman–Crippen MR) is 93.4 cm³/mol. The van der Waals surface area contributed by atoms with Crippen molar-refractivity contribution >= 4 is 23.6 Å². The molecule has 2 N–H and O–H groups in total. The number of carbonyl (C=O) groups excluding carboxylic acids is 2. The van der Waals surface area contributed by atoms with Gasteiger partial charge in [0.05, 0.1) is 26.2 Å². The first-order valence-electron chi connectivity index (χ1n) is 8.12. The number of nitrogens with one attached hydrogen (secondary N) is 2. The molecule has 2 amide bonds. The summed E-state index contributed by atoms with van der Waals surface area (Å²) in [5.74, 6) is 2.14. The van der Waals surface area contributed by atoms with E-state index in [1.54, 1.807) is 6.92 Å². The number of piperazine rings is 1. The minimum Gasteiger partial charge on any atom is -0.350 e. The van der Waals surface area contributed by atoms with Crippen LogP contribution in [0.3, 0.4) is 0 Å². The average Bonchev–Trinajstić information content (AvgIpc) is 2.56. The molecule has 0 bridgehead atoms. The van der Waals surface area contributed by atoms with Crippen molar-refractivity contribution in [2.75, 3.05) is 45.0 Å². The van der Waals surface area contributed by atoms with Gasteiger partial charge < -0.3 is 15.1 Å². The van der Waals surface area contributed by atoms with E-state index in [1.807, 2.05) is 34.9 Å². The Hall–Kier alpha value is -1.53. The summed E-state index contributed by atoms with van der Waals surface area (Å²) in [4.78, 5) is 26.3. The Morgan fingerprint density at radius 1 is 1.22 bits per heavy atom. The molecule has 126 valence electrons. The lowest BCUT2D eigenvalue weighted by Gasteiger charge is -2.31. The highest BCUT2D eigenvalue weighted by molar-refractivity contribution is 7.98. The molecular weight excluding hydrogens is 310 g/mol. The number of quaternary nitrogens is 1. The molecule has 1 fully saturated rings. The van der Waals surface area contributed by atoms with Crippen LogP contribution in [0, 0.1) is 0 Å². The third kappa shape index (κ3) is 6.62. The average molecular weight is 336 g/mol. The Labute approximate surface area is 142 Å². The first-order chi connectivity index (χ1) is 11.1. The van der Waals surface area contributed by atoms with Crippen LogP contribution in [0.5, 0.6) is 0 Å². The Balaban J connectivity index is 1.53. The van der Waals surface area contributed by atoms with E-state index in [2.05, 4.69) is 17.4 Å². The summed E-state index contributed by atoms with van der Waals surface area (Å²) in [6.45, 7) is 6.05. The van der Waals surface area contributed by atoms with Gasteiger partial charge >= 0.3 is 0 Å². The van der Waals surface area contributed by atoms with Gasteiger partial charge in [-0.3, -0.25) is 9.59 Å². The van der Waals surface area contributed by atoms with Gasteiger partial charge in [-0.25, -0.2) is 0 Å². The molecule has 23 heavy (non-hydrogen) atoms. The van der Waals surface area contributed by atoms with Gasteiger partial charge in [0.25, 0.3) is 5.91 Å². The highest BCUT2D eigenvalue weighted by Gasteiger charge is 2.22. The van der Waals surface area contributed by atoms with Crippen LogP contribution in [0.1, 0.15) is 12.5 Å². The molecule has 0 aliphatic carbocycles. The fourth-order valence-electron chi connectivity index (χ4n) is 2.63. The van der Waals surface area contributed by atoms with Gasteiger partial charge in [-0.05, 0) is 5.56 Å². The fraction of sp³-hybridized carbons (Fsp3) is 0.529. The zero-order chi connectivity index (χ0) is 16.5. The summed E-state index contributed by atoms with van der Waals surface area (Å²) in [6, 6.07) is 10.4. The van der Waals surface area contributed by atoms with Gasteiger partial charge in [-0.2, -0.15) is 11.8 Å². The normalized spacial score (nSPS) is 15.4. The number of hydrogen-bond acceptors (Lipinski definition) is 3. The second-order valence-corrected chi connectivity index (χ2v) is 6.93. The van der Waals surface area contributed by atoms with Crippen molar-refractivity contribution in [2.45, 2.75) is 12.7 Å². The van der Waals surface area contributed by atoms with E-state index >= 15 is 0 Å². The largest absolute Gasteiger partial charge is 0.350 e. The summed E-state index contributed by atoms with van der Waals surface area (Å²) in [6.07, 6.45) is 0. The molecule has 1 aromatic carbocycles. The molecule has 0 aromatic heterocycles. The quantitative estimate of drug-likeness (QED) is 0.677. The van der Waals surface area contributed by atoms with E-state index in [4.69, 9.17) is 0 Å². The van der Waals surface area contributed by atoms with Crippen molar-refractivity contribution in [3.05, 3.63) is 35.9 Å². The lowest BCUT2D eigenvalue weighted by molar-refractivity contribution is -0.896. The van der Waals surface area contributed by atoms with E-state index < -0.39 is 0 Å². The number of thioether (sulfide) groups is 1. The molecule has 1 heterocycles. The molecule has 0 saturated carbocycles. The van der Waals surface area contributed by atoms with Crippen LogP contribution in [-0.4, -0.2) is 61.7 Å². The van der Waals surface area contributed by atoms with Gasteiger partial charge in [-0.1, -0.05) is 30.3 Å². The van der Waals surface area contributed by atoms with Gasteiger partial charge in [-0.15, -0.1) is 0 Å². The Morgan fingerprint density at radius 3 is 2.57 bits per heavy atom. The summed E-state index contributed by atoms with van der Waals surface area (Å²) < 4.78 is 0. The standard InChI is InChI=1S/C17H25N3O2S/c1-15(21)20-10-8-19(9-11-20)13-17(22)18-7-12-23-14-16-5-3-2-4-6-16/h2-6H,7-14H2,1H3,(H,18,22)/p+1. The number of nitrogens with zero attached hydrogens (tertiary/aromatic N) is 1. The summed E-state index contributed by atoms with van der Waals surface area (Å²) in [7, 11) is 0. The molecule has 1 aromatic rings. The Kier molecular flexibility index (Phi) is 7.42. The third-order valence-electron chi connectivity index (χ3n) is 4.01. The van der Waals surface area contributed by atoms with Crippen molar-refractivity contribution in [1.29, 1.82) is 0 Å². The summed E-state index contributed by atoms with van der Waals surface area (Å²) >= 11 is 1.83. The van der Waals surface area contributed by atoms with E-state index in [0.29, 0.717) is 13.1 Å². The molecule has 6 heteroatoms. The van der Waals surface area contributed by atoms with E-state index in [9.17, 15) is 9.59 Å². The van der Waals surface area contributed by atoms with Crippen molar-refractivity contribution in [2.24, 2.45) is 0 Å². The van der Waals surface area contributed by atoms with E-state index in [0.717, 1.165) is 37.7 Å². The van der Waals surface area contributed by atoms with Crippen molar-refractivity contribution in [1.82, 2.24) is 10.2 Å². The van der Waals surface area contributed by atoms with E-state index in [-0.39, 0.29) is 11.8 Å². The Bertz CT molecular complexity index is 502. The molecule has 5 nitrogen and oxygen atoms in total. The molecule has 0 atom stereocenters. The zero-order valence-electron chi connectivity index (χ0n) is 13.7. The van der Waals surface area contributed by atoms with Crippen LogP contribution in [0.25, 0.3) is 0 Å². The third-order valence-corrected chi connectivity index (χ3v) is 5.04. The maximum Gasteiger partial charge on any atom is 0.275 e. The summed E-state index contributed by atoms with van der Waals surface area (Å²) in [5, 5.41) is 2.99. The van der Waals surface area contributed by atoms with Gasteiger partial charge in [0.15, 0.2) is 6.54 Å². The van der Waals surface area contributed by atoms with Crippen molar-refractivity contribution < 1.29 is 14.5 Å².